The highest BCUT2D eigenvalue weighted by Gasteiger charge is 2.26. The molecule has 0 unspecified atom stereocenters. The van der Waals surface area contributed by atoms with Crippen molar-refractivity contribution in [3.63, 3.8) is 0 Å². The summed E-state index contributed by atoms with van der Waals surface area (Å²) < 4.78 is 41.7. The van der Waals surface area contributed by atoms with E-state index in [0.29, 0.717) is 18.2 Å². The second-order valence-electron chi connectivity index (χ2n) is 5.62. The average molecular weight is 382 g/mol. The molecule has 0 atom stereocenters. The zero-order valence-corrected chi connectivity index (χ0v) is 14.8. The molecule has 3 N–H and O–H groups in total. The number of alkyl halides is 3. The molecule has 0 radical (unpaired) electrons. The van der Waals surface area contributed by atoms with Gasteiger partial charge in [0.15, 0.2) is 11.7 Å². The molecule has 1 aromatic carbocycles. The average Bonchev–Trinajstić information content (AvgIpc) is 3.14. The van der Waals surface area contributed by atoms with E-state index in [0.717, 1.165) is 5.56 Å². The van der Waals surface area contributed by atoms with E-state index < -0.39 is 12.6 Å². The van der Waals surface area contributed by atoms with E-state index >= 15 is 0 Å². The number of rotatable bonds is 7. The molecule has 2 aromatic rings. The third kappa shape index (κ3) is 7.43. The summed E-state index contributed by atoms with van der Waals surface area (Å²) in [4.78, 5) is 16.2. The summed E-state index contributed by atoms with van der Waals surface area (Å²) >= 11 is 0. The summed E-state index contributed by atoms with van der Waals surface area (Å²) in [5.41, 5.74) is 1.44. The van der Waals surface area contributed by atoms with Crippen molar-refractivity contribution in [2.24, 2.45) is 4.99 Å². The number of aliphatic imine (C=N–C) groups is 1. The minimum Gasteiger partial charge on any atom is -0.459 e. The lowest BCUT2D eigenvalue weighted by molar-refractivity contribution is -0.132. The van der Waals surface area contributed by atoms with Gasteiger partial charge in [-0.1, -0.05) is 12.1 Å². The number of halogens is 3. The van der Waals surface area contributed by atoms with Crippen molar-refractivity contribution < 1.29 is 22.4 Å². The van der Waals surface area contributed by atoms with Crippen LogP contribution in [-0.2, 0) is 6.54 Å². The van der Waals surface area contributed by atoms with Crippen LogP contribution in [0.4, 0.5) is 18.9 Å². The smallest absolute Gasteiger partial charge is 0.390 e. The van der Waals surface area contributed by atoms with E-state index in [1.165, 1.54) is 6.26 Å². The van der Waals surface area contributed by atoms with Crippen molar-refractivity contribution >= 4 is 17.6 Å². The summed E-state index contributed by atoms with van der Waals surface area (Å²) in [5, 5.41) is 8.25. The molecular weight excluding hydrogens is 361 g/mol. The number of hydrogen-bond acceptors (Lipinski definition) is 3. The van der Waals surface area contributed by atoms with Crippen LogP contribution in [0.25, 0.3) is 0 Å². The minimum atomic E-state index is -4.21. The van der Waals surface area contributed by atoms with Gasteiger partial charge in [0.25, 0.3) is 5.91 Å². The Balaban J connectivity index is 1.89. The third-order valence-corrected chi connectivity index (χ3v) is 3.42. The van der Waals surface area contributed by atoms with Crippen LogP contribution < -0.4 is 16.0 Å². The second-order valence-corrected chi connectivity index (χ2v) is 5.62. The molecule has 2 rings (SSSR count). The Bertz CT molecular complexity index is 741. The zero-order chi connectivity index (χ0) is 19.7. The normalized spacial score (nSPS) is 11.9. The van der Waals surface area contributed by atoms with Crippen LogP contribution in [0.2, 0.25) is 0 Å². The largest absolute Gasteiger partial charge is 0.459 e. The predicted octanol–water partition coefficient (Wildman–Crippen LogP) is 3.54. The molecular formula is C18H21F3N4O2. The van der Waals surface area contributed by atoms with Crippen molar-refractivity contribution in [2.45, 2.75) is 26.1 Å². The number of guanidine groups is 1. The molecule has 9 heteroatoms. The van der Waals surface area contributed by atoms with E-state index in [4.69, 9.17) is 4.42 Å². The van der Waals surface area contributed by atoms with Crippen LogP contribution in [0.15, 0.2) is 52.1 Å². The number of carbonyl (C=O) groups is 1. The Morgan fingerprint density at radius 2 is 1.89 bits per heavy atom. The van der Waals surface area contributed by atoms with E-state index in [2.05, 4.69) is 20.9 Å². The number of nitrogens with one attached hydrogen (secondary N) is 3. The fourth-order valence-electron chi connectivity index (χ4n) is 2.13. The van der Waals surface area contributed by atoms with Crippen molar-refractivity contribution in [1.82, 2.24) is 10.6 Å². The number of carbonyl (C=O) groups excluding carboxylic acids is 1. The maximum absolute atomic E-state index is 12.2. The van der Waals surface area contributed by atoms with E-state index in [1.54, 1.807) is 36.4 Å². The molecule has 0 aliphatic carbocycles. The van der Waals surface area contributed by atoms with Gasteiger partial charge in [0, 0.05) is 18.8 Å². The topological polar surface area (TPSA) is 78.7 Å². The van der Waals surface area contributed by atoms with Gasteiger partial charge in [-0.25, -0.2) is 4.99 Å². The lowest BCUT2D eigenvalue weighted by Crippen LogP contribution is -2.38. The Morgan fingerprint density at radius 3 is 2.48 bits per heavy atom. The number of benzene rings is 1. The number of anilines is 1. The number of furan rings is 1. The van der Waals surface area contributed by atoms with Crippen LogP contribution in [0.1, 0.15) is 29.5 Å². The van der Waals surface area contributed by atoms with Gasteiger partial charge in [0.1, 0.15) is 0 Å². The van der Waals surface area contributed by atoms with E-state index in [-0.39, 0.29) is 24.8 Å². The van der Waals surface area contributed by atoms with Crippen molar-refractivity contribution in [3.05, 3.63) is 54.0 Å². The summed E-state index contributed by atoms with van der Waals surface area (Å²) in [6, 6.07) is 10.2. The molecule has 6 nitrogen and oxygen atoms in total. The fourth-order valence-corrected chi connectivity index (χ4v) is 2.13. The van der Waals surface area contributed by atoms with E-state index in [1.807, 2.05) is 6.92 Å². The van der Waals surface area contributed by atoms with Crippen molar-refractivity contribution in [2.75, 3.05) is 18.4 Å². The SMILES string of the molecule is CCNC(=NCc1ccc(NC(=O)c2ccco2)cc1)NCCC(F)(F)F. The quantitative estimate of drug-likeness (QED) is 0.506. The van der Waals surface area contributed by atoms with Crippen LogP contribution in [0, 0.1) is 0 Å². The second kappa shape index (κ2) is 9.65. The first-order valence-electron chi connectivity index (χ1n) is 8.40. The predicted molar refractivity (Wildman–Crippen MR) is 96.6 cm³/mol. The summed E-state index contributed by atoms with van der Waals surface area (Å²) in [6.45, 7) is 2.41. The molecule has 0 aliphatic rings. The molecule has 1 heterocycles. The highest BCUT2D eigenvalue weighted by molar-refractivity contribution is 6.02. The zero-order valence-electron chi connectivity index (χ0n) is 14.8. The maximum atomic E-state index is 12.2. The Morgan fingerprint density at radius 1 is 1.15 bits per heavy atom. The number of hydrogen-bond donors (Lipinski definition) is 3. The van der Waals surface area contributed by atoms with Gasteiger partial charge >= 0.3 is 6.18 Å². The van der Waals surface area contributed by atoms with Crippen LogP contribution in [0.5, 0.6) is 0 Å². The molecule has 27 heavy (non-hydrogen) atoms. The Kier molecular flexibility index (Phi) is 7.27. The molecule has 0 aliphatic heterocycles. The highest BCUT2D eigenvalue weighted by Crippen LogP contribution is 2.18. The van der Waals surface area contributed by atoms with Gasteiger partial charge < -0.3 is 20.4 Å². The van der Waals surface area contributed by atoms with Gasteiger partial charge in [0.05, 0.1) is 19.2 Å². The highest BCUT2D eigenvalue weighted by atomic mass is 19.4. The molecule has 0 saturated heterocycles. The standard InChI is InChI=1S/C18H21F3N4O2/c1-2-22-17(23-10-9-18(19,20)21)24-12-13-5-7-14(8-6-13)25-16(26)15-4-3-11-27-15/h3-8,11H,2,9-10,12H2,1H3,(H,25,26)(H2,22,23,24). The first-order valence-corrected chi connectivity index (χ1v) is 8.40. The lowest BCUT2D eigenvalue weighted by Gasteiger charge is -2.12. The number of amides is 1. The van der Waals surface area contributed by atoms with Crippen LogP contribution in [0.3, 0.4) is 0 Å². The van der Waals surface area contributed by atoms with Crippen molar-refractivity contribution in [1.29, 1.82) is 0 Å². The molecule has 0 bridgehead atoms. The monoisotopic (exact) mass is 382 g/mol. The first-order chi connectivity index (χ1) is 12.9. The fraction of sp³-hybridized carbons (Fsp3) is 0.333. The molecule has 146 valence electrons. The van der Waals surface area contributed by atoms with E-state index in [9.17, 15) is 18.0 Å². The van der Waals surface area contributed by atoms with Crippen LogP contribution >= 0.6 is 0 Å². The third-order valence-electron chi connectivity index (χ3n) is 3.42. The molecule has 0 fully saturated rings. The lowest BCUT2D eigenvalue weighted by atomic mass is 10.2. The summed E-state index contributed by atoms with van der Waals surface area (Å²) in [6.07, 6.45) is -3.72. The van der Waals surface area contributed by atoms with Gasteiger partial charge in [-0.05, 0) is 36.8 Å². The maximum Gasteiger partial charge on any atom is 0.390 e. The minimum absolute atomic E-state index is 0.212. The van der Waals surface area contributed by atoms with Gasteiger partial charge in [-0.15, -0.1) is 0 Å². The van der Waals surface area contributed by atoms with Gasteiger partial charge in [-0.2, -0.15) is 13.2 Å². The number of nitrogens with zero attached hydrogens (tertiary/aromatic N) is 1. The summed E-state index contributed by atoms with van der Waals surface area (Å²) in [5.74, 6) is 0.176. The Labute approximate surface area is 154 Å². The van der Waals surface area contributed by atoms with Gasteiger partial charge in [0.2, 0.25) is 0 Å². The van der Waals surface area contributed by atoms with Crippen molar-refractivity contribution in [3.8, 4) is 0 Å². The molecule has 1 amide bonds. The molecule has 1 aromatic heterocycles. The van der Waals surface area contributed by atoms with Crippen LogP contribution in [-0.4, -0.2) is 31.1 Å². The van der Waals surface area contributed by atoms with Gasteiger partial charge in [-0.3, -0.25) is 4.79 Å². The molecule has 0 spiro atoms. The first kappa shape index (κ1) is 20.3. The Hall–Kier alpha value is -2.97. The summed E-state index contributed by atoms with van der Waals surface area (Å²) in [7, 11) is 0. The molecule has 0 saturated carbocycles.